The number of aromatic nitrogens is 4. The van der Waals surface area contributed by atoms with Crippen molar-refractivity contribution in [2.24, 2.45) is 0 Å². The van der Waals surface area contributed by atoms with Gasteiger partial charge in [0.25, 0.3) is 5.56 Å². The zero-order valence-electron chi connectivity index (χ0n) is 14.5. The first-order valence-electron chi connectivity index (χ1n) is 8.16. The molecule has 2 saturated heterocycles. The van der Waals surface area contributed by atoms with Crippen LogP contribution in [0.2, 0.25) is 0 Å². The van der Waals surface area contributed by atoms with Crippen LogP contribution in [0.15, 0.2) is 15.9 Å². The number of rotatable bonds is 3. The highest BCUT2D eigenvalue weighted by atomic mass is 16.7. The van der Waals surface area contributed by atoms with E-state index in [2.05, 4.69) is 9.97 Å². The third kappa shape index (κ3) is 2.76. The van der Waals surface area contributed by atoms with E-state index in [0.29, 0.717) is 0 Å². The van der Waals surface area contributed by atoms with E-state index in [1.54, 1.807) is 0 Å². The molecule has 2 aliphatic rings. The fourth-order valence-electron chi connectivity index (χ4n) is 3.36. The molecule has 4 rings (SSSR count). The molecule has 4 heterocycles. The molecule has 0 aromatic carbocycles. The van der Waals surface area contributed by atoms with Crippen LogP contribution in [0, 0.1) is 0 Å². The van der Waals surface area contributed by atoms with Crippen LogP contribution in [-0.2, 0) is 33.3 Å². The highest BCUT2D eigenvalue weighted by Gasteiger charge is 2.61. The molecule has 2 aromatic rings. The number of imidazole rings is 1. The summed E-state index contributed by atoms with van der Waals surface area (Å²) in [4.78, 5) is 66.8. The fraction of sp³-hybridized carbons (Fsp3) is 0.467. The Bertz CT molecular complexity index is 1100. The van der Waals surface area contributed by atoms with Crippen LogP contribution >= 0.6 is 0 Å². The number of carbonyl (C=O) groups is 3. The van der Waals surface area contributed by atoms with Gasteiger partial charge in [-0.1, -0.05) is 0 Å². The Labute approximate surface area is 154 Å². The lowest BCUT2D eigenvalue weighted by molar-refractivity contribution is -0.174. The summed E-state index contributed by atoms with van der Waals surface area (Å²) in [7, 11) is 0. The van der Waals surface area contributed by atoms with Crippen LogP contribution in [0.25, 0.3) is 11.2 Å². The summed E-state index contributed by atoms with van der Waals surface area (Å²) in [5.41, 5.74) is -1.55. The van der Waals surface area contributed by atoms with Gasteiger partial charge in [0.15, 0.2) is 24.0 Å². The maximum absolute atomic E-state index is 12.0. The van der Waals surface area contributed by atoms with Gasteiger partial charge in [0, 0.05) is 13.8 Å². The SMILES string of the molecule is CC(=O)O[C@H]1[C@@H]2OC(=O)[C@@H](OC(C)=O)[C@H]2O[C@H]1n1cnc2c(=O)[nH]c(=O)[nH]c21. The van der Waals surface area contributed by atoms with Crippen molar-refractivity contribution >= 4 is 29.1 Å². The van der Waals surface area contributed by atoms with E-state index in [9.17, 15) is 24.0 Å². The number of nitrogens with zero attached hydrogens (tertiary/aromatic N) is 2. The van der Waals surface area contributed by atoms with Crippen molar-refractivity contribution in [3.63, 3.8) is 0 Å². The number of carbonyl (C=O) groups excluding carboxylic acids is 3. The van der Waals surface area contributed by atoms with Crippen LogP contribution in [0.5, 0.6) is 0 Å². The minimum atomic E-state index is -1.34. The molecule has 0 radical (unpaired) electrons. The third-order valence-corrected chi connectivity index (χ3v) is 4.35. The van der Waals surface area contributed by atoms with Gasteiger partial charge in [-0.3, -0.25) is 28.9 Å². The molecule has 0 amide bonds. The summed E-state index contributed by atoms with van der Waals surface area (Å²) in [6.07, 6.45) is -4.49. The predicted octanol–water partition coefficient (Wildman–Crippen LogP) is -1.90. The van der Waals surface area contributed by atoms with E-state index in [1.165, 1.54) is 10.9 Å². The van der Waals surface area contributed by atoms with Gasteiger partial charge in [-0.2, -0.15) is 0 Å². The molecule has 13 heteroatoms. The maximum atomic E-state index is 12.0. The molecular formula is C15H14N4O9. The monoisotopic (exact) mass is 394 g/mol. The molecule has 0 spiro atoms. The summed E-state index contributed by atoms with van der Waals surface area (Å²) in [5.74, 6) is -2.23. The lowest BCUT2D eigenvalue weighted by atomic mass is 10.1. The van der Waals surface area contributed by atoms with Crippen LogP contribution < -0.4 is 11.2 Å². The van der Waals surface area contributed by atoms with Crippen molar-refractivity contribution in [1.29, 1.82) is 0 Å². The number of ether oxygens (including phenoxy) is 4. The van der Waals surface area contributed by atoms with Gasteiger partial charge < -0.3 is 18.9 Å². The lowest BCUT2D eigenvalue weighted by Gasteiger charge is -2.22. The molecule has 2 fully saturated rings. The molecule has 2 N–H and O–H groups in total. The molecule has 5 atom stereocenters. The van der Waals surface area contributed by atoms with Crippen LogP contribution in [0.4, 0.5) is 0 Å². The molecule has 13 nitrogen and oxygen atoms in total. The first-order valence-corrected chi connectivity index (χ1v) is 8.16. The predicted molar refractivity (Wildman–Crippen MR) is 85.9 cm³/mol. The summed E-state index contributed by atoms with van der Waals surface area (Å²) in [5, 5.41) is 0. The number of hydrogen-bond acceptors (Lipinski definition) is 10. The Morgan fingerprint density at radius 1 is 1.11 bits per heavy atom. The minimum absolute atomic E-state index is 0.0197. The van der Waals surface area contributed by atoms with Gasteiger partial charge in [0.05, 0.1) is 6.33 Å². The molecule has 148 valence electrons. The van der Waals surface area contributed by atoms with E-state index in [-0.39, 0.29) is 11.2 Å². The zero-order valence-corrected chi connectivity index (χ0v) is 14.5. The number of nitrogens with one attached hydrogen (secondary N) is 2. The van der Waals surface area contributed by atoms with Crippen molar-refractivity contribution < 1.29 is 33.3 Å². The Kier molecular flexibility index (Phi) is 4.03. The first-order chi connectivity index (χ1) is 13.3. The van der Waals surface area contributed by atoms with Gasteiger partial charge >= 0.3 is 23.6 Å². The van der Waals surface area contributed by atoms with E-state index in [1.807, 2.05) is 4.98 Å². The van der Waals surface area contributed by atoms with Crippen molar-refractivity contribution in [1.82, 2.24) is 19.5 Å². The quantitative estimate of drug-likeness (QED) is 0.442. The van der Waals surface area contributed by atoms with Crippen molar-refractivity contribution in [2.45, 2.75) is 44.5 Å². The second-order valence-corrected chi connectivity index (χ2v) is 6.25. The number of H-pyrrole nitrogens is 2. The van der Waals surface area contributed by atoms with Gasteiger partial charge in [-0.25, -0.2) is 14.6 Å². The molecule has 0 aliphatic carbocycles. The molecule has 0 saturated carbocycles. The summed E-state index contributed by atoms with van der Waals surface area (Å²) >= 11 is 0. The molecule has 2 aromatic heterocycles. The van der Waals surface area contributed by atoms with Crippen LogP contribution in [0.3, 0.4) is 0 Å². The number of aromatic amines is 2. The highest BCUT2D eigenvalue weighted by molar-refractivity contribution is 5.82. The van der Waals surface area contributed by atoms with Gasteiger partial charge in [-0.05, 0) is 0 Å². The van der Waals surface area contributed by atoms with Gasteiger partial charge in [0.2, 0.25) is 6.10 Å². The fourth-order valence-corrected chi connectivity index (χ4v) is 3.36. The Morgan fingerprint density at radius 2 is 1.82 bits per heavy atom. The van der Waals surface area contributed by atoms with E-state index in [0.717, 1.165) is 13.8 Å². The average Bonchev–Trinajstić information content (AvgIpc) is 3.22. The van der Waals surface area contributed by atoms with Crippen molar-refractivity contribution in [2.75, 3.05) is 0 Å². The normalized spacial score (nSPS) is 28.8. The maximum Gasteiger partial charge on any atom is 0.350 e. The Balaban J connectivity index is 1.78. The van der Waals surface area contributed by atoms with Gasteiger partial charge in [0.1, 0.15) is 11.8 Å². The average molecular weight is 394 g/mol. The molecule has 2 aliphatic heterocycles. The second-order valence-electron chi connectivity index (χ2n) is 6.25. The van der Waals surface area contributed by atoms with E-state index < -0.39 is 59.8 Å². The largest absolute Gasteiger partial charge is 0.454 e. The van der Waals surface area contributed by atoms with Crippen molar-refractivity contribution in [3.8, 4) is 0 Å². The van der Waals surface area contributed by atoms with Crippen LogP contribution in [-0.4, -0.2) is 61.8 Å². The Hall–Kier alpha value is -3.48. The number of hydrogen-bond donors (Lipinski definition) is 2. The number of fused-ring (bicyclic) bond motifs is 2. The minimum Gasteiger partial charge on any atom is -0.454 e. The third-order valence-electron chi connectivity index (χ3n) is 4.35. The molecule has 28 heavy (non-hydrogen) atoms. The topological polar surface area (TPSA) is 172 Å². The smallest absolute Gasteiger partial charge is 0.350 e. The van der Waals surface area contributed by atoms with Crippen molar-refractivity contribution in [3.05, 3.63) is 27.2 Å². The highest BCUT2D eigenvalue weighted by Crippen LogP contribution is 2.40. The standard InChI is InChI=1S/C15H14N4O9/c1-4(20)25-9-7-8(10(14(23)28-7)26-5(2)21)27-13(9)19-3-16-6-11(19)17-15(24)18-12(6)22/h3,7-10,13H,1-2H3,(H2,17,18,22,24)/t7-,8+,9+,10+,13-/m1/s1. The van der Waals surface area contributed by atoms with E-state index in [4.69, 9.17) is 18.9 Å². The summed E-state index contributed by atoms with van der Waals surface area (Å²) in [6, 6.07) is 0. The first kappa shape index (κ1) is 17.9. The number of esters is 3. The molecule has 0 bridgehead atoms. The Morgan fingerprint density at radius 3 is 2.50 bits per heavy atom. The lowest BCUT2D eigenvalue weighted by Crippen LogP contribution is -2.36. The molecule has 0 unspecified atom stereocenters. The molecular weight excluding hydrogens is 380 g/mol. The second kappa shape index (κ2) is 6.30. The van der Waals surface area contributed by atoms with E-state index >= 15 is 0 Å². The van der Waals surface area contributed by atoms with Gasteiger partial charge in [-0.15, -0.1) is 0 Å². The van der Waals surface area contributed by atoms with Crippen LogP contribution in [0.1, 0.15) is 20.1 Å². The summed E-state index contributed by atoms with van der Waals surface area (Å²) < 4.78 is 22.5. The summed E-state index contributed by atoms with van der Waals surface area (Å²) in [6.45, 7) is 2.28. The zero-order chi connectivity index (χ0) is 20.2.